The van der Waals surface area contributed by atoms with Gasteiger partial charge in [0.25, 0.3) is 0 Å². The largest absolute Gasteiger partial charge is 0.387 e. The van der Waals surface area contributed by atoms with E-state index in [-0.39, 0.29) is 17.8 Å². The van der Waals surface area contributed by atoms with E-state index in [1.165, 1.54) is 12.1 Å². The fourth-order valence-electron chi connectivity index (χ4n) is 3.07. The van der Waals surface area contributed by atoms with Crippen molar-refractivity contribution < 1.29 is 14.3 Å². The van der Waals surface area contributed by atoms with Crippen LogP contribution in [0.15, 0.2) is 48.5 Å². The van der Waals surface area contributed by atoms with E-state index in [0.29, 0.717) is 18.5 Å². The first-order chi connectivity index (χ1) is 12.0. The Hall–Kier alpha value is -2.24. The SMILES string of the molecule is C[C@@H](NC[C@@H](O)c1ccc(F)cc1)c1ccc(N2CCCC2=O)cc1. The summed E-state index contributed by atoms with van der Waals surface area (Å²) in [5, 5.41) is 13.5. The molecule has 0 radical (unpaired) electrons. The van der Waals surface area contributed by atoms with Crippen LogP contribution in [0.25, 0.3) is 0 Å². The van der Waals surface area contributed by atoms with Gasteiger partial charge in [0, 0.05) is 31.2 Å². The number of hydrogen-bond donors (Lipinski definition) is 2. The van der Waals surface area contributed by atoms with Crippen LogP contribution in [-0.4, -0.2) is 24.1 Å². The summed E-state index contributed by atoms with van der Waals surface area (Å²) in [5.74, 6) is -0.129. The zero-order valence-corrected chi connectivity index (χ0v) is 14.3. The van der Waals surface area contributed by atoms with Crippen molar-refractivity contribution in [3.63, 3.8) is 0 Å². The van der Waals surface area contributed by atoms with Crippen LogP contribution in [0, 0.1) is 5.82 Å². The van der Waals surface area contributed by atoms with Gasteiger partial charge in [-0.25, -0.2) is 4.39 Å². The molecule has 1 amide bonds. The van der Waals surface area contributed by atoms with Crippen LogP contribution >= 0.6 is 0 Å². The van der Waals surface area contributed by atoms with Gasteiger partial charge >= 0.3 is 0 Å². The van der Waals surface area contributed by atoms with Crippen LogP contribution in [0.2, 0.25) is 0 Å². The fourth-order valence-corrected chi connectivity index (χ4v) is 3.07. The number of anilines is 1. The highest BCUT2D eigenvalue weighted by molar-refractivity contribution is 5.95. The molecule has 1 heterocycles. The standard InChI is InChI=1S/C20H23FN2O2/c1-14(22-13-19(24)16-4-8-17(21)9-5-16)15-6-10-18(11-7-15)23-12-2-3-20(23)25/h4-11,14,19,22,24H,2-3,12-13H2,1H3/t14-,19-/m1/s1. The second-order valence-electron chi connectivity index (χ2n) is 6.44. The molecule has 0 spiro atoms. The number of rotatable bonds is 6. The molecular weight excluding hydrogens is 319 g/mol. The number of nitrogens with one attached hydrogen (secondary N) is 1. The van der Waals surface area contributed by atoms with E-state index in [1.54, 1.807) is 12.1 Å². The van der Waals surface area contributed by atoms with Crippen molar-refractivity contribution in [2.45, 2.75) is 31.9 Å². The lowest BCUT2D eigenvalue weighted by Gasteiger charge is -2.20. The normalized spacial score (nSPS) is 16.9. The summed E-state index contributed by atoms with van der Waals surface area (Å²) in [5.41, 5.74) is 2.70. The summed E-state index contributed by atoms with van der Waals surface area (Å²) in [4.78, 5) is 13.6. The first-order valence-electron chi connectivity index (χ1n) is 8.62. The number of aliphatic hydroxyl groups excluding tert-OH is 1. The topological polar surface area (TPSA) is 52.6 Å². The van der Waals surface area contributed by atoms with Gasteiger partial charge in [-0.05, 0) is 48.7 Å². The Bertz CT molecular complexity index is 715. The Kier molecular flexibility index (Phi) is 5.46. The lowest BCUT2D eigenvalue weighted by atomic mass is 10.1. The zero-order valence-electron chi connectivity index (χ0n) is 14.3. The Morgan fingerprint density at radius 1 is 1.12 bits per heavy atom. The Balaban J connectivity index is 1.56. The molecular formula is C20H23FN2O2. The van der Waals surface area contributed by atoms with Crippen LogP contribution in [0.5, 0.6) is 0 Å². The Labute approximate surface area is 147 Å². The molecule has 132 valence electrons. The second kappa shape index (κ2) is 7.76. The number of amides is 1. The summed E-state index contributed by atoms with van der Waals surface area (Å²) in [6, 6.07) is 13.9. The summed E-state index contributed by atoms with van der Waals surface area (Å²) in [7, 11) is 0. The highest BCUT2D eigenvalue weighted by atomic mass is 19.1. The molecule has 1 fully saturated rings. The number of carbonyl (C=O) groups excluding carboxylic acids is 1. The van der Waals surface area contributed by atoms with Crippen molar-refractivity contribution >= 4 is 11.6 Å². The minimum atomic E-state index is -0.690. The molecule has 5 heteroatoms. The smallest absolute Gasteiger partial charge is 0.227 e. The first-order valence-corrected chi connectivity index (χ1v) is 8.62. The van der Waals surface area contributed by atoms with E-state index in [1.807, 2.05) is 36.1 Å². The summed E-state index contributed by atoms with van der Waals surface area (Å²) in [6.07, 6.45) is 0.852. The van der Waals surface area contributed by atoms with E-state index in [9.17, 15) is 14.3 Å². The molecule has 0 unspecified atom stereocenters. The lowest BCUT2D eigenvalue weighted by molar-refractivity contribution is -0.117. The zero-order chi connectivity index (χ0) is 17.8. The molecule has 0 bridgehead atoms. The number of benzene rings is 2. The Morgan fingerprint density at radius 2 is 1.76 bits per heavy atom. The highest BCUT2D eigenvalue weighted by Gasteiger charge is 2.21. The maximum absolute atomic E-state index is 12.9. The van der Waals surface area contributed by atoms with Gasteiger partial charge in [0.2, 0.25) is 5.91 Å². The highest BCUT2D eigenvalue weighted by Crippen LogP contribution is 2.24. The van der Waals surface area contributed by atoms with Crippen molar-refractivity contribution in [2.24, 2.45) is 0 Å². The quantitative estimate of drug-likeness (QED) is 0.847. The number of carbonyl (C=O) groups is 1. The number of aliphatic hydroxyl groups is 1. The number of halogens is 1. The molecule has 3 rings (SSSR count). The summed E-state index contributed by atoms with van der Waals surface area (Å²) >= 11 is 0. The second-order valence-corrected chi connectivity index (χ2v) is 6.44. The van der Waals surface area contributed by atoms with Crippen molar-refractivity contribution in [1.29, 1.82) is 0 Å². The van der Waals surface area contributed by atoms with Gasteiger partial charge in [-0.3, -0.25) is 4.79 Å². The molecule has 1 saturated heterocycles. The molecule has 2 N–H and O–H groups in total. The number of hydrogen-bond acceptors (Lipinski definition) is 3. The third kappa shape index (κ3) is 4.24. The van der Waals surface area contributed by atoms with Crippen LogP contribution in [0.4, 0.5) is 10.1 Å². The molecule has 25 heavy (non-hydrogen) atoms. The third-order valence-corrected chi connectivity index (χ3v) is 4.65. The molecule has 2 atom stereocenters. The lowest BCUT2D eigenvalue weighted by Crippen LogP contribution is -2.25. The maximum Gasteiger partial charge on any atom is 0.227 e. The van der Waals surface area contributed by atoms with Gasteiger partial charge in [-0.2, -0.15) is 0 Å². The molecule has 0 aromatic heterocycles. The van der Waals surface area contributed by atoms with E-state index < -0.39 is 6.10 Å². The Morgan fingerprint density at radius 3 is 2.36 bits per heavy atom. The van der Waals surface area contributed by atoms with Gasteiger partial charge in [0.15, 0.2) is 0 Å². The van der Waals surface area contributed by atoms with Crippen molar-refractivity contribution in [1.82, 2.24) is 5.32 Å². The number of nitrogens with zero attached hydrogens (tertiary/aromatic N) is 1. The molecule has 4 nitrogen and oxygen atoms in total. The van der Waals surface area contributed by atoms with Gasteiger partial charge < -0.3 is 15.3 Å². The molecule has 2 aromatic carbocycles. The molecule has 1 aliphatic heterocycles. The van der Waals surface area contributed by atoms with Crippen LogP contribution in [0.1, 0.15) is 43.0 Å². The average molecular weight is 342 g/mol. The van der Waals surface area contributed by atoms with E-state index in [4.69, 9.17) is 0 Å². The minimum absolute atomic E-state index is 0.0541. The third-order valence-electron chi connectivity index (χ3n) is 4.65. The van der Waals surface area contributed by atoms with Crippen LogP contribution < -0.4 is 10.2 Å². The van der Waals surface area contributed by atoms with Crippen molar-refractivity contribution in [3.05, 3.63) is 65.5 Å². The molecule has 2 aromatic rings. The molecule has 0 aliphatic carbocycles. The van der Waals surface area contributed by atoms with E-state index in [0.717, 1.165) is 24.2 Å². The predicted molar refractivity (Wildman–Crippen MR) is 95.8 cm³/mol. The average Bonchev–Trinajstić information content (AvgIpc) is 3.06. The van der Waals surface area contributed by atoms with E-state index in [2.05, 4.69) is 5.32 Å². The van der Waals surface area contributed by atoms with Crippen molar-refractivity contribution in [2.75, 3.05) is 18.0 Å². The predicted octanol–water partition coefficient (Wildman–Crippen LogP) is 3.34. The van der Waals surface area contributed by atoms with Gasteiger partial charge in [-0.15, -0.1) is 0 Å². The van der Waals surface area contributed by atoms with E-state index >= 15 is 0 Å². The monoisotopic (exact) mass is 342 g/mol. The maximum atomic E-state index is 12.9. The van der Waals surface area contributed by atoms with Crippen LogP contribution in [0.3, 0.4) is 0 Å². The molecule has 1 aliphatic rings. The molecule has 0 saturated carbocycles. The van der Waals surface area contributed by atoms with Crippen LogP contribution in [-0.2, 0) is 4.79 Å². The van der Waals surface area contributed by atoms with Crippen molar-refractivity contribution in [3.8, 4) is 0 Å². The van der Waals surface area contributed by atoms with Gasteiger partial charge in [0.1, 0.15) is 5.82 Å². The summed E-state index contributed by atoms with van der Waals surface area (Å²) in [6.45, 7) is 3.18. The van der Waals surface area contributed by atoms with Gasteiger partial charge in [0.05, 0.1) is 6.10 Å². The minimum Gasteiger partial charge on any atom is -0.387 e. The van der Waals surface area contributed by atoms with Gasteiger partial charge in [-0.1, -0.05) is 24.3 Å². The first kappa shape index (κ1) is 17.6. The fraction of sp³-hybridized carbons (Fsp3) is 0.350. The summed E-state index contributed by atoms with van der Waals surface area (Å²) < 4.78 is 12.9.